The highest BCUT2D eigenvalue weighted by Gasteiger charge is 2.10. The van der Waals surface area contributed by atoms with Gasteiger partial charge in [-0.15, -0.1) is 0 Å². The van der Waals surface area contributed by atoms with Crippen molar-refractivity contribution < 1.29 is 13.9 Å². The molecule has 0 heterocycles. The minimum atomic E-state index is -0.366. The van der Waals surface area contributed by atoms with Crippen molar-refractivity contribution in [1.29, 1.82) is 0 Å². The Balaban J connectivity index is 2.32. The molecule has 92 valence electrons. The number of aryl methyl sites for hydroxylation is 1. The van der Waals surface area contributed by atoms with Gasteiger partial charge in [0.15, 0.2) is 5.78 Å². The van der Waals surface area contributed by atoms with Crippen molar-refractivity contribution in [1.82, 2.24) is 0 Å². The summed E-state index contributed by atoms with van der Waals surface area (Å²) < 4.78 is 18.4. The van der Waals surface area contributed by atoms with Crippen LogP contribution in [0.15, 0.2) is 42.5 Å². The summed E-state index contributed by atoms with van der Waals surface area (Å²) in [5.74, 6) is 0.118. The smallest absolute Gasteiger partial charge is 0.193 e. The summed E-state index contributed by atoms with van der Waals surface area (Å²) in [7, 11) is 1.56. The lowest BCUT2D eigenvalue weighted by Crippen LogP contribution is -2.02. The fraction of sp³-hybridized carbons (Fsp3) is 0.133. The highest BCUT2D eigenvalue weighted by Crippen LogP contribution is 2.16. The van der Waals surface area contributed by atoms with Crippen LogP contribution in [0.25, 0.3) is 0 Å². The Kier molecular flexibility index (Phi) is 3.42. The van der Waals surface area contributed by atoms with Crippen molar-refractivity contribution in [2.45, 2.75) is 6.92 Å². The molecule has 0 atom stereocenters. The van der Waals surface area contributed by atoms with Crippen LogP contribution in [0.1, 0.15) is 21.5 Å². The number of hydrogen-bond acceptors (Lipinski definition) is 2. The molecule has 0 aliphatic carbocycles. The van der Waals surface area contributed by atoms with Crippen LogP contribution >= 0.6 is 0 Å². The minimum Gasteiger partial charge on any atom is -0.497 e. The molecule has 18 heavy (non-hydrogen) atoms. The van der Waals surface area contributed by atoms with E-state index in [9.17, 15) is 9.18 Å². The zero-order chi connectivity index (χ0) is 13.1. The van der Waals surface area contributed by atoms with E-state index in [1.165, 1.54) is 6.07 Å². The van der Waals surface area contributed by atoms with E-state index >= 15 is 0 Å². The average molecular weight is 244 g/mol. The van der Waals surface area contributed by atoms with Crippen LogP contribution in [-0.4, -0.2) is 12.9 Å². The second-order valence-electron chi connectivity index (χ2n) is 4.02. The molecule has 0 spiro atoms. The van der Waals surface area contributed by atoms with Crippen molar-refractivity contribution in [2.75, 3.05) is 7.11 Å². The Labute approximate surface area is 105 Å². The van der Waals surface area contributed by atoms with Crippen LogP contribution in [0, 0.1) is 12.7 Å². The molecule has 0 N–H and O–H groups in total. The molecule has 2 aromatic carbocycles. The number of benzene rings is 2. The highest BCUT2D eigenvalue weighted by molar-refractivity contribution is 6.09. The lowest BCUT2D eigenvalue weighted by Gasteiger charge is -2.04. The van der Waals surface area contributed by atoms with Gasteiger partial charge in [-0.1, -0.05) is 12.1 Å². The molecule has 2 rings (SSSR count). The van der Waals surface area contributed by atoms with Crippen LogP contribution < -0.4 is 4.74 Å². The molecule has 0 aliphatic rings. The van der Waals surface area contributed by atoms with Gasteiger partial charge in [-0.2, -0.15) is 0 Å². The number of methoxy groups -OCH3 is 1. The molecule has 3 heteroatoms. The van der Waals surface area contributed by atoms with Gasteiger partial charge in [0.25, 0.3) is 0 Å². The zero-order valence-corrected chi connectivity index (χ0v) is 10.2. The first-order chi connectivity index (χ1) is 8.61. The summed E-state index contributed by atoms with van der Waals surface area (Å²) in [5.41, 5.74) is 1.39. The highest BCUT2D eigenvalue weighted by atomic mass is 19.1. The van der Waals surface area contributed by atoms with Gasteiger partial charge in [0.1, 0.15) is 11.6 Å². The van der Waals surface area contributed by atoms with E-state index < -0.39 is 0 Å². The molecule has 0 fully saturated rings. The molecule has 2 aromatic rings. The second-order valence-corrected chi connectivity index (χ2v) is 4.02. The van der Waals surface area contributed by atoms with Crippen LogP contribution in [-0.2, 0) is 0 Å². The maximum atomic E-state index is 13.4. The quantitative estimate of drug-likeness (QED) is 0.774. The third-order valence-corrected chi connectivity index (χ3v) is 2.79. The van der Waals surface area contributed by atoms with E-state index in [4.69, 9.17) is 4.74 Å². The number of carbonyl (C=O) groups excluding carboxylic acids is 1. The monoisotopic (exact) mass is 244 g/mol. The van der Waals surface area contributed by atoms with Gasteiger partial charge in [-0.25, -0.2) is 4.39 Å². The maximum Gasteiger partial charge on any atom is 0.193 e. The van der Waals surface area contributed by atoms with E-state index in [1.54, 1.807) is 50.4 Å². The molecule has 2 nitrogen and oxygen atoms in total. The van der Waals surface area contributed by atoms with E-state index in [1.807, 2.05) is 0 Å². The first-order valence-electron chi connectivity index (χ1n) is 5.56. The lowest BCUT2D eigenvalue weighted by molar-refractivity contribution is 0.103. The molecule has 0 aromatic heterocycles. The number of rotatable bonds is 3. The van der Waals surface area contributed by atoms with Crippen molar-refractivity contribution in [3.8, 4) is 5.75 Å². The predicted molar refractivity (Wildman–Crippen MR) is 67.6 cm³/mol. The Morgan fingerprint density at radius 3 is 2.22 bits per heavy atom. The normalized spacial score (nSPS) is 10.2. The topological polar surface area (TPSA) is 26.3 Å². The second kappa shape index (κ2) is 5.00. The first kappa shape index (κ1) is 12.3. The van der Waals surface area contributed by atoms with E-state index in [0.717, 1.165) is 0 Å². The van der Waals surface area contributed by atoms with Crippen molar-refractivity contribution in [3.05, 3.63) is 65.0 Å². The van der Waals surface area contributed by atoms with Gasteiger partial charge < -0.3 is 4.74 Å². The van der Waals surface area contributed by atoms with Crippen molar-refractivity contribution in [3.63, 3.8) is 0 Å². The third-order valence-electron chi connectivity index (χ3n) is 2.79. The zero-order valence-electron chi connectivity index (χ0n) is 10.2. The molecule has 0 unspecified atom stereocenters. The summed E-state index contributed by atoms with van der Waals surface area (Å²) in [5, 5.41) is 0. The summed E-state index contributed by atoms with van der Waals surface area (Å²) >= 11 is 0. The Hall–Kier alpha value is -2.16. The van der Waals surface area contributed by atoms with E-state index in [-0.39, 0.29) is 11.6 Å². The molecule has 0 saturated carbocycles. The molecule has 0 amide bonds. The number of carbonyl (C=O) groups is 1. The predicted octanol–water partition coefficient (Wildman–Crippen LogP) is 3.37. The minimum absolute atomic E-state index is 0.198. The van der Waals surface area contributed by atoms with Gasteiger partial charge >= 0.3 is 0 Å². The fourth-order valence-corrected chi connectivity index (χ4v) is 1.64. The Bertz CT molecular complexity index is 574. The van der Waals surface area contributed by atoms with Gasteiger partial charge in [-0.3, -0.25) is 4.79 Å². The fourth-order valence-electron chi connectivity index (χ4n) is 1.64. The number of ether oxygens (including phenoxy) is 1. The standard InChI is InChI=1S/C15H13FO2/c1-10-3-4-12(9-14(10)16)15(17)11-5-7-13(18-2)8-6-11/h3-9H,1-2H3. The SMILES string of the molecule is COc1ccc(C(=O)c2ccc(C)c(F)c2)cc1. The molecular weight excluding hydrogens is 231 g/mol. The lowest BCUT2D eigenvalue weighted by atomic mass is 10.0. The van der Waals surface area contributed by atoms with Crippen molar-refractivity contribution >= 4 is 5.78 Å². The van der Waals surface area contributed by atoms with Crippen LogP contribution in [0.3, 0.4) is 0 Å². The average Bonchev–Trinajstić information content (AvgIpc) is 2.41. The number of ketones is 1. The van der Waals surface area contributed by atoms with Gasteiger partial charge in [-0.05, 0) is 42.8 Å². The summed E-state index contributed by atoms with van der Waals surface area (Å²) in [4.78, 5) is 12.1. The summed E-state index contributed by atoms with van der Waals surface area (Å²) in [6.45, 7) is 1.66. The van der Waals surface area contributed by atoms with Gasteiger partial charge in [0.05, 0.1) is 7.11 Å². The van der Waals surface area contributed by atoms with E-state index in [2.05, 4.69) is 0 Å². The van der Waals surface area contributed by atoms with Crippen molar-refractivity contribution in [2.24, 2.45) is 0 Å². The molecule has 0 saturated heterocycles. The summed E-state index contributed by atoms with van der Waals surface area (Å²) in [6.07, 6.45) is 0. The molecule has 0 radical (unpaired) electrons. The van der Waals surface area contributed by atoms with Gasteiger partial charge in [0.2, 0.25) is 0 Å². The maximum absolute atomic E-state index is 13.4. The van der Waals surface area contributed by atoms with E-state index in [0.29, 0.717) is 22.4 Å². The first-order valence-corrected chi connectivity index (χ1v) is 5.56. The van der Waals surface area contributed by atoms with Crippen LogP contribution in [0.5, 0.6) is 5.75 Å². The van der Waals surface area contributed by atoms with Crippen LogP contribution in [0.2, 0.25) is 0 Å². The third kappa shape index (κ3) is 2.40. The summed E-state index contributed by atoms with van der Waals surface area (Å²) in [6, 6.07) is 11.2. The Morgan fingerprint density at radius 2 is 1.67 bits per heavy atom. The molecule has 0 aliphatic heterocycles. The largest absolute Gasteiger partial charge is 0.497 e. The molecular formula is C15H13FO2. The number of hydrogen-bond donors (Lipinski definition) is 0. The van der Waals surface area contributed by atoms with Gasteiger partial charge in [0, 0.05) is 11.1 Å². The molecule has 0 bridgehead atoms. The number of halogens is 1. The Morgan fingerprint density at radius 1 is 1.06 bits per heavy atom. The van der Waals surface area contributed by atoms with Crippen LogP contribution in [0.4, 0.5) is 4.39 Å².